The number of carbonyl (C=O) groups is 1. The zero-order chi connectivity index (χ0) is 14.2. The van der Waals surface area contributed by atoms with Crippen molar-refractivity contribution in [3.63, 3.8) is 0 Å². The van der Waals surface area contributed by atoms with Gasteiger partial charge in [-0.15, -0.1) is 0 Å². The maximum atomic E-state index is 12.7. The Morgan fingerprint density at radius 2 is 2.05 bits per heavy atom. The average molecular weight is 273 g/mol. The van der Waals surface area contributed by atoms with Gasteiger partial charge in [0, 0.05) is 31.2 Å². The van der Waals surface area contributed by atoms with E-state index in [-0.39, 0.29) is 6.54 Å². The summed E-state index contributed by atoms with van der Waals surface area (Å²) < 4.78 is 40.7. The number of aromatic nitrogens is 3. The molecule has 0 saturated heterocycles. The summed E-state index contributed by atoms with van der Waals surface area (Å²) in [6.07, 6.45) is 0.226. The minimum atomic E-state index is -4.69. The van der Waals surface area contributed by atoms with Crippen LogP contribution in [0.1, 0.15) is 21.5 Å². The van der Waals surface area contributed by atoms with E-state index in [2.05, 4.69) is 5.10 Å². The Hall–Kier alpha value is -2.25. The molecule has 8 heteroatoms. The van der Waals surface area contributed by atoms with Gasteiger partial charge in [-0.25, -0.2) is 4.79 Å². The number of nitrogens with zero attached hydrogens (tertiary/aromatic N) is 3. The molecule has 0 saturated carbocycles. The van der Waals surface area contributed by atoms with Gasteiger partial charge in [0.15, 0.2) is 0 Å². The highest BCUT2D eigenvalue weighted by atomic mass is 19.4. The second-order valence-electron chi connectivity index (χ2n) is 4.08. The molecule has 1 N–H and O–H groups in total. The van der Waals surface area contributed by atoms with Gasteiger partial charge in [-0.2, -0.15) is 18.3 Å². The van der Waals surface area contributed by atoms with Crippen LogP contribution in [0.25, 0.3) is 0 Å². The first-order valence-corrected chi connectivity index (χ1v) is 5.25. The van der Waals surface area contributed by atoms with E-state index >= 15 is 0 Å². The molecule has 0 fully saturated rings. The normalized spacial score (nSPS) is 11.8. The van der Waals surface area contributed by atoms with E-state index in [1.807, 2.05) is 0 Å². The van der Waals surface area contributed by atoms with Crippen LogP contribution in [0.3, 0.4) is 0 Å². The van der Waals surface area contributed by atoms with Crippen LogP contribution >= 0.6 is 0 Å². The molecule has 0 radical (unpaired) electrons. The lowest BCUT2D eigenvalue weighted by Gasteiger charge is -2.04. The highest BCUT2D eigenvalue weighted by molar-refractivity contribution is 5.89. The standard InChI is InChI=1S/C11H10F3N3O2/c1-16-3-7(2-15-16)4-17-5-8(10(18)19)9(6-17)11(12,13)14/h2-3,5-6H,4H2,1H3,(H,18,19). The summed E-state index contributed by atoms with van der Waals surface area (Å²) in [7, 11) is 1.68. The largest absolute Gasteiger partial charge is 0.478 e. The minimum absolute atomic E-state index is 0.129. The maximum absolute atomic E-state index is 12.7. The van der Waals surface area contributed by atoms with E-state index in [0.29, 0.717) is 5.56 Å². The number of hydrogen-bond donors (Lipinski definition) is 1. The Kier molecular flexibility index (Phi) is 3.09. The number of carboxylic acids is 1. The van der Waals surface area contributed by atoms with Crippen LogP contribution in [0, 0.1) is 0 Å². The predicted octanol–water partition coefficient (Wildman–Crippen LogP) is 1.99. The van der Waals surface area contributed by atoms with E-state index in [9.17, 15) is 18.0 Å². The highest BCUT2D eigenvalue weighted by Crippen LogP contribution is 2.32. The number of hydrogen-bond acceptors (Lipinski definition) is 2. The number of alkyl halides is 3. The van der Waals surface area contributed by atoms with Gasteiger partial charge in [-0.1, -0.05) is 0 Å². The average Bonchev–Trinajstić information content (AvgIpc) is 2.85. The molecule has 0 atom stereocenters. The van der Waals surface area contributed by atoms with Crippen LogP contribution in [0.15, 0.2) is 24.8 Å². The summed E-state index contributed by atoms with van der Waals surface area (Å²) in [5, 5.41) is 12.7. The zero-order valence-electron chi connectivity index (χ0n) is 9.85. The molecule has 2 aromatic heterocycles. The highest BCUT2D eigenvalue weighted by Gasteiger charge is 2.36. The van der Waals surface area contributed by atoms with Crippen molar-refractivity contribution in [1.29, 1.82) is 0 Å². The summed E-state index contributed by atoms with van der Waals surface area (Å²) >= 11 is 0. The molecule has 0 amide bonds. The fraction of sp³-hybridized carbons (Fsp3) is 0.273. The second kappa shape index (κ2) is 4.45. The van der Waals surface area contributed by atoms with Crippen molar-refractivity contribution in [2.75, 3.05) is 0 Å². The number of aromatic carboxylic acids is 1. The monoisotopic (exact) mass is 273 g/mol. The first kappa shape index (κ1) is 13.2. The first-order chi connectivity index (χ1) is 8.77. The molecule has 2 heterocycles. The van der Waals surface area contributed by atoms with Gasteiger partial charge < -0.3 is 9.67 Å². The zero-order valence-corrected chi connectivity index (χ0v) is 9.85. The van der Waals surface area contributed by atoms with E-state index in [4.69, 9.17) is 5.11 Å². The Labute approximate surface area is 105 Å². The Morgan fingerprint density at radius 3 is 2.47 bits per heavy atom. The summed E-state index contributed by atoms with van der Waals surface area (Å²) in [5.74, 6) is -1.60. The topological polar surface area (TPSA) is 60.0 Å². The lowest BCUT2D eigenvalue weighted by Crippen LogP contribution is -2.09. The van der Waals surface area contributed by atoms with E-state index < -0.39 is 23.3 Å². The lowest BCUT2D eigenvalue weighted by molar-refractivity contribution is -0.138. The SMILES string of the molecule is Cn1cc(Cn2cc(C(=O)O)c(C(F)(F)F)c2)cn1. The van der Waals surface area contributed by atoms with Crippen molar-refractivity contribution >= 4 is 5.97 Å². The van der Waals surface area contributed by atoms with E-state index in [1.165, 1.54) is 15.4 Å². The van der Waals surface area contributed by atoms with E-state index in [0.717, 1.165) is 12.4 Å². The molecular formula is C11H10F3N3O2. The van der Waals surface area contributed by atoms with Crippen molar-refractivity contribution in [2.45, 2.75) is 12.7 Å². The van der Waals surface area contributed by atoms with Crippen LogP contribution in [0.4, 0.5) is 13.2 Å². The van der Waals surface area contributed by atoms with Gasteiger partial charge in [0.1, 0.15) is 0 Å². The third kappa shape index (κ3) is 2.78. The van der Waals surface area contributed by atoms with Crippen molar-refractivity contribution < 1.29 is 23.1 Å². The smallest absolute Gasteiger partial charge is 0.418 e. The molecule has 2 rings (SSSR count). The third-order valence-corrected chi connectivity index (χ3v) is 2.54. The maximum Gasteiger partial charge on any atom is 0.418 e. The Bertz CT molecular complexity index is 613. The van der Waals surface area contributed by atoms with Crippen LogP contribution in [-0.2, 0) is 19.8 Å². The summed E-state index contributed by atoms with van der Waals surface area (Å²) in [6, 6.07) is 0. The lowest BCUT2D eigenvalue weighted by atomic mass is 10.2. The van der Waals surface area contributed by atoms with Gasteiger partial charge >= 0.3 is 12.1 Å². The van der Waals surface area contributed by atoms with Gasteiger partial charge in [0.25, 0.3) is 0 Å². The van der Waals surface area contributed by atoms with Gasteiger partial charge in [-0.3, -0.25) is 4.68 Å². The quantitative estimate of drug-likeness (QED) is 0.930. The molecule has 0 aliphatic carbocycles. The van der Waals surface area contributed by atoms with Crippen molar-refractivity contribution in [3.8, 4) is 0 Å². The summed E-state index contributed by atoms with van der Waals surface area (Å²) in [5.41, 5.74) is -1.22. The molecule has 5 nitrogen and oxygen atoms in total. The van der Waals surface area contributed by atoms with Crippen LogP contribution in [0.2, 0.25) is 0 Å². The van der Waals surface area contributed by atoms with Crippen molar-refractivity contribution in [1.82, 2.24) is 14.3 Å². The molecule has 0 aliphatic rings. The minimum Gasteiger partial charge on any atom is -0.478 e. The van der Waals surface area contributed by atoms with Gasteiger partial charge in [0.05, 0.1) is 23.9 Å². The van der Waals surface area contributed by atoms with Gasteiger partial charge in [-0.05, 0) is 0 Å². The predicted molar refractivity (Wildman–Crippen MR) is 58.7 cm³/mol. The van der Waals surface area contributed by atoms with Gasteiger partial charge in [0.2, 0.25) is 0 Å². The Balaban J connectivity index is 2.35. The molecule has 19 heavy (non-hydrogen) atoms. The Morgan fingerprint density at radius 1 is 1.37 bits per heavy atom. The van der Waals surface area contributed by atoms with Crippen molar-refractivity contribution in [2.24, 2.45) is 7.05 Å². The molecule has 0 aliphatic heterocycles. The molecule has 102 valence electrons. The first-order valence-electron chi connectivity index (χ1n) is 5.25. The number of aryl methyl sites for hydroxylation is 1. The fourth-order valence-electron chi connectivity index (χ4n) is 1.76. The molecule has 0 spiro atoms. The molecule has 2 aromatic rings. The molecule has 0 bridgehead atoms. The fourth-order valence-corrected chi connectivity index (χ4v) is 1.76. The number of carboxylic acid groups (broad SMARTS) is 1. The molecule has 0 unspecified atom stereocenters. The number of halogens is 3. The summed E-state index contributed by atoms with van der Waals surface area (Å²) in [6.45, 7) is 0.129. The second-order valence-corrected chi connectivity index (χ2v) is 4.08. The van der Waals surface area contributed by atoms with E-state index in [1.54, 1.807) is 13.2 Å². The summed E-state index contributed by atoms with van der Waals surface area (Å²) in [4.78, 5) is 10.8. The van der Waals surface area contributed by atoms with Crippen LogP contribution in [-0.4, -0.2) is 25.4 Å². The van der Waals surface area contributed by atoms with Crippen LogP contribution < -0.4 is 0 Å². The number of rotatable bonds is 3. The molecular weight excluding hydrogens is 263 g/mol. The molecule has 0 aromatic carbocycles. The van der Waals surface area contributed by atoms with Crippen molar-refractivity contribution in [3.05, 3.63) is 41.5 Å². The van der Waals surface area contributed by atoms with Crippen LogP contribution in [0.5, 0.6) is 0 Å². The third-order valence-electron chi connectivity index (χ3n) is 2.54.